The van der Waals surface area contributed by atoms with Crippen LogP contribution in [0.2, 0.25) is 0 Å². The molecule has 1 fully saturated rings. The second kappa shape index (κ2) is 4.59. The first kappa shape index (κ1) is 12.3. The molecule has 1 aliphatic heterocycles. The molecule has 0 atom stereocenters. The predicted octanol–water partition coefficient (Wildman–Crippen LogP) is 3.44. The number of hydrogen-bond donors (Lipinski definition) is 0. The number of hydrogen-bond acceptors (Lipinski definition) is 2. The fourth-order valence-electron chi connectivity index (χ4n) is 2.27. The van der Waals surface area contributed by atoms with Crippen LogP contribution in [0.15, 0.2) is 18.3 Å². The van der Waals surface area contributed by atoms with E-state index in [-0.39, 0.29) is 13.0 Å². The molecular formula is C13H18F2N2. The molecule has 1 aliphatic rings. The van der Waals surface area contributed by atoms with E-state index in [2.05, 4.69) is 18.8 Å². The molecule has 17 heavy (non-hydrogen) atoms. The zero-order valence-corrected chi connectivity index (χ0v) is 10.3. The minimum Gasteiger partial charge on any atom is -0.350 e. The number of piperidine rings is 1. The summed E-state index contributed by atoms with van der Waals surface area (Å²) in [6, 6.07) is 3.83. The summed E-state index contributed by atoms with van der Waals surface area (Å²) in [5, 5.41) is 0. The van der Waals surface area contributed by atoms with Crippen LogP contribution in [-0.2, 0) is 0 Å². The SMILES string of the molecule is CC(C)c1cccnc1N1CCCC(F)(F)C1. The van der Waals surface area contributed by atoms with Crippen molar-refractivity contribution >= 4 is 5.82 Å². The number of halogens is 2. The van der Waals surface area contributed by atoms with E-state index in [1.807, 2.05) is 12.1 Å². The van der Waals surface area contributed by atoms with Crippen molar-refractivity contribution in [1.29, 1.82) is 0 Å². The third-order valence-electron chi connectivity index (χ3n) is 3.13. The average Bonchev–Trinajstić information content (AvgIpc) is 2.27. The molecule has 0 spiro atoms. The molecule has 2 nitrogen and oxygen atoms in total. The van der Waals surface area contributed by atoms with Crippen LogP contribution in [0, 0.1) is 0 Å². The molecule has 1 saturated heterocycles. The van der Waals surface area contributed by atoms with Gasteiger partial charge in [0, 0.05) is 19.2 Å². The summed E-state index contributed by atoms with van der Waals surface area (Å²) < 4.78 is 26.8. The van der Waals surface area contributed by atoms with E-state index in [1.54, 1.807) is 11.1 Å². The maximum atomic E-state index is 13.4. The van der Waals surface area contributed by atoms with Crippen molar-refractivity contribution in [3.05, 3.63) is 23.9 Å². The highest BCUT2D eigenvalue weighted by molar-refractivity contribution is 5.49. The summed E-state index contributed by atoms with van der Waals surface area (Å²) in [6.45, 7) is 4.58. The fraction of sp³-hybridized carbons (Fsp3) is 0.615. The van der Waals surface area contributed by atoms with Crippen LogP contribution in [0.4, 0.5) is 14.6 Å². The lowest BCUT2D eigenvalue weighted by Crippen LogP contribution is -2.43. The maximum absolute atomic E-state index is 13.4. The summed E-state index contributed by atoms with van der Waals surface area (Å²) in [4.78, 5) is 6.00. The molecule has 1 aromatic heterocycles. The normalized spacial score (nSPS) is 19.7. The molecule has 0 aromatic carbocycles. The first-order valence-corrected chi connectivity index (χ1v) is 6.07. The minimum absolute atomic E-state index is 0.00660. The van der Waals surface area contributed by atoms with E-state index >= 15 is 0 Å². The van der Waals surface area contributed by atoms with Gasteiger partial charge >= 0.3 is 0 Å². The van der Waals surface area contributed by atoms with Crippen LogP contribution in [0.3, 0.4) is 0 Å². The first-order chi connectivity index (χ1) is 7.99. The predicted molar refractivity (Wildman–Crippen MR) is 64.7 cm³/mol. The van der Waals surface area contributed by atoms with Crippen molar-refractivity contribution < 1.29 is 8.78 Å². The van der Waals surface area contributed by atoms with Crippen LogP contribution in [0.1, 0.15) is 38.2 Å². The van der Waals surface area contributed by atoms with Gasteiger partial charge in [-0.1, -0.05) is 19.9 Å². The van der Waals surface area contributed by atoms with Crippen molar-refractivity contribution in [3.63, 3.8) is 0 Å². The molecule has 1 aromatic rings. The van der Waals surface area contributed by atoms with Gasteiger partial charge in [0.25, 0.3) is 5.92 Å². The van der Waals surface area contributed by atoms with Gasteiger partial charge in [-0.05, 0) is 24.0 Å². The van der Waals surface area contributed by atoms with Gasteiger partial charge in [0.1, 0.15) is 5.82 Å². The van der Waals surface area contributed by atoms with Crippen LogP contribution in [-0.4, -0.2) is 24.0 Å². The highest BCUT2D eigenvalue weighted by atomic mass is 19.3. The molecule has 0 N–H and O–H groups in total. The zero-order chi connectivity index (χ0) is 12.5. The Hall–Kier alpha value is -1.19. The molecule has 0 unspecified atom stereocenters. The standard InChI is InChI=1S/C13H18F2N2/c1-10(2)11-5-3-7-16-12(11)17-8-4-6-13(14,15)9-17/h3,5,7,10H,4,6,8-9H2,1-2H3. The second-order valence-corrected chi connectivity index (χ2v) is 4.95. The molecule has 0 saturated carbocycles. The van der Waals surface area contributed by atoms with Gasteiger partial charge in [0.15, 0.2) is 0 Å². The van der Waals surface area contributed by atoms with Crippen molar-refractivity contribution in [1.82, 2.24) is 4.98 Å². The van der Waals surface area contributed by atoms with Gasteiger partial charge in [-0.3, -0.25) is 0 Å². The van der Waals surface area contributed by atoms with Crippen LogP contribution in [0.5, 0.6) is 0 Å². The lowest BCUT2D eigenvalue weighted by atomic mass is 10.0. The van der Waals surface area contributed by atoms with Gasteiger partial charge in [-0.2, -0.15) is 0 Å². The zero-order valence-electron chi connectivity index (χ0n) is 10.3. The molecular weight excluding hydrogens is 222 g/mol. The number of rotatable bonds is 2. The Morgan fingerprint density at radius 3 is 2.82 bits per heavy atom. The first-order valence-electron chi connectivity index (χ1n) is 6.07. The average molecular weight is 240 g/mol. The lowest BCUT2D eigenvalue weighted by molar-refractivity contribution is -0.0119. The van der Waals surface area contributed by atoms with Crippen molar-refractivity contribution in [3.8, 4) is 0 Å². The Balaban J connectivity index is 2.27. The van der Waals surface area contributed by atoms with E-state index in [0.29, 0.717) is 18.9 Å². The van der Waals surface area contributed by atoms with Crippen molar-refractivity contribution in [2.24, 2.45) is 0 Å². The van der Waals surface area contributed by atoms with E-state index in [4.69, 9.17) is 0 Å². The lowest BCUT2D eigenvalue weighted by Gasteiger charge is -2.34. The van der Waals surface area contributed by atoms with Crippen molar-refractivity contribution in [2.45, 2.75) is 38.5 Å². The Morgan fingerprint density at radius 1 is 1.41 bits per heavy atom. The highest BCUT2D eigenvalue weighted by Crippen LogP contribution is 2.32. The number of anilines is 1. The highest BCUT2D eigenvalue weighted by Gasteiger charge is 2.36. The third-order valence-corrected chi connectivity index (χ3v) is 3.13. The number of aromatic nitrogens is 1. The van der Waals surface area contributed by atoms with Crippen molar-refractivity contribution in [2.75, 3.05) is 18.0 Å². The van der Waals surface area contributed by atoms with Gasteiger partial charge in [0.05, 0.1) is 6.54 Å². The molecule has 2 heterocycles. The second-order valence-electron chi connectivity index (χ2n) is 4.95. The van der Waals surface area contributed by atoms with Crippen LogP contribution < -0.4 is 4.90 Å². The van der Waals surface area contributed by atoms with Gasteiger partial charge in [0.2, 0.25) is 0 Å². The fourth-order valence-corrected chi connectivity index (χ4v) is 2.27. The summed E-state index contributed by atoms with van der Waals surface area (Å²) in [7, 11) is 0. The Kier molecular flexibility index (Phi) is 3.31. The minimum atomic E-state index is -2.58. The molecule has 94 valence electrons. The number of alkyl halides is 2. The monoisotopic (exact) mass is 240 g/mol. The largest absolute Gasteiger partial charge is 0.350 e. The number of pyridine rings is 1. The van der Waals surface area contributed by atoms with E-state index in [0.717, 1.165) is 11.4 Å². The molecule has 2 rings (SSSR count). The van der Waals surface area contributed by atoms with Gasteiger partial charge in [-0.15, -0.1) is 0 Å². The third kappa shape index (κ3) is 2.73. The van der Waals surface area contributed by atoms with Gasteiger partial charge in [-0.25, -0.2) is 13.8 Å². The van der Waals surface area contributed by atoms with E-state index < -0.39 is 5.92 Å². The quantitative estimate of drug-likeness (QED) is 0.787. The molecule has 0 amide bonds. The summed E-state index contributed by atoms with van der Waals surface area (Å²) in [6.07, 6.45) is 2.20. The Bertz CT molecular complexity index is 391. The van der Waals surface area contributed by atoms with E-state index in [1.165, 1.54) is 0 Å². The molecule has 0 bridgehead atoms. The Morgan fingerprint density at radius 2 is 2.18 bits per heavy atom. The summed E-state index contributed by atoms with van der Waals surface area (Å²) in [5.74, 6) is -1.56. The smallest absolute Gasteiger partial charge is 0.265 e. The van der Waals surface area contributed by atoms with Crippen LogP contribution in [0.25, 0.3) is 0 Å². The molecule has 0 radical (unpaired) electrons. The van der Waals surface area contributed by atoms with E-state index in [9.17, 15) is 8.78 Å². The summed E-state index contributed by atoms with van der Waals surface area (Å²) in [5.41, 5.74) is 1.05. The Labute approximate surface area is 101 Å². The maximum Gasteiger partial charge on any atom is 0.265 e. The van der Waals surface area contributed by atoms with Gasteiger partial charge < -0.3 is 4.90 Å². The topological polar surface area (TPSA) is 16.1 Å². The van der Waals surface area contributed by atoms with Crippen LogP contribution >= 0.6 is 0 Å². The summed E-state index contributed by atoms with van der Waals surface area (Å²) >= 11 is 0. The number of nitrogens with zero attached hydrogens (tertiary/aromatic N) is 2. The molecule has 4 heteroatoms. The molecule has 0 aliphatic carbocycles.